The van der Waals surface area contributed by atoms with Gasteiger partial charge in [0, 0.05) is 34.5 Å². The minimum atomic E-state index is -4.90. The Morgan fingerprint density at radius 2 is 1.22 bits per heavy atom. The average molecular weight is 1050 g/mol. The van der Waals surface area contributed by atoms with Crippen molar-refractivity contribution in [1.82, 2.24) is 14.9 Å². The van der Waals surface area contributed by atoms with Gasteiger partial charge in [-0.15, -0.1) is 0 Å². The molecular weight excluding hydrogens is 1010 g/mol. The summed E-state index contributed by atoms with van der Waals surface area (Å²) in [4.78, 5) is 32.3. The van der Waals surface area contributed by atoms with E-state index in [2.05, 4.69) is 9.97 Å². The molecule has 1 unspecified atom stereocenters. The van der Waals surface area contributed by atoms with Crippen LogP contribution in [0.4, 0.5) is 37.7 Å². The van der Waals surface area contributed by atoms with E-state index in [-0.39, 0.29) is 54.7 Å². The molecular formula is C38H41Cl4F6N5O10S2. The molecule has 360 valence electrons. The molecule has 2 aromatic heterocycles. The van der Waals surface area contributed by atoms with Crippen LogP contribution in [-0.2, 0) is 46.6 Å². The van der Waals surface area contributed by atoms with Crippen LogP contribution in [-0.4, -0.2) is 102 Å². The molecule has 27 heteroatoms. The summed E-state index contributed by atoms with van der Waals surface area (Å²) in [6.07, 6.45) is -7.64. The lowest BCUT2D eigenvalue weighted by molar-refractivity contribution is -0.138. The fraction of sp³-hybridized carbons (Fsp3) is 0.368. The van der Waals surface area contributed by atoms with Crippen molar-refractivity contribution in [3.05, 3.63) is 104 Å². The third kappa shape index (κ3) is 13.7. The number of carbonyl (C=O) groups is 2. The van der Waals surface area contributed by atoms with E-state index < -0.39 is 100 Å². The summed E-state index contributed by atoms with van der Waals surface area (Å²) in [5.74, 6) is -2.17. The summed E-state index contributed by atoms with van der Waals surface area (Å²) >= 11 is 23.0. The Labute approximate surface area is 392 Å². The van der Waals surface area contributed by atoms with E-state index in [4.69, 9.17) is 62.0 Å². The number of sulfonamides is 2. The van der Waals surface area contributed by atoms with Crippen LogP contribution in [0.25, 0.3) is 0 Å². The number of methoxy groups -OCH3 is 2. The molecule has 0 saturated carbocycles. The number of alkyl halides is 6. The first-order valence-corrected chi connectivity index (χ1v) is 22.1. The number of carbonyl (C=O) groups excluding carboxylic acids is 1. The number of pyridine rings is 2. The molecule has 1 N–H and O–H groups in total. The van der Waals surface area contributed by atoms with Gasteiger partial charge in [0.15, 0.2) is 11.4 Å². The van der Waals surface area contributed by atoms with Gasteiger partial charge in [0.05, 0.1) is 71.6 Å². The smallest absolute Gasteiger partial charge is 0.417 e. The van der Waals surface area contributed by atoms with Crippen molar-refractivity contribution in [1.29, 1.82) is 0 Å². The van der Waals surface area contributed by atoms with Crippen LogP contribution in [0.5, 0.6) is 0 Å². The van der Waals surface area contributed by atoms with E-state index >= 15 is 0 Å². The van der Waals surface area contributed by atoms with Crippen molar-refractivity contribution in [3.63, 3.8) is 0 Å². The van der Waals surface area contributed by atoms with Crippen LogP contribution < -0.4 is 8.61 Å². The van der Waals surface area contributed by atoms with Crippen molar-refractivity contribution in [2.75, 3.05) is 56.1 Å². The number of benzene rings is 2. The molecule has 0 spiro atoms. The first-order valence-electron chi connectivity index (χ1n) is 18.4. The summed E-state index contributed by atoms with van der Waals surface area (Å²) in [6.45, 7) is 3.50. The molecule has 0 aliphatic carbocycles. The number of anilines is 2. The molecule has 1 saturated heterocycles. The zero-order valence-electron chi connectivity index (χ0n) is 34.5. The van der Waals surface area contributed by atoms with E-state index in [1.54, 1.807) is 13.8 Å². The van der Waals surface area contributed by atoms with Gasteiger partial charge in [0.2, 0.25) is 0 Å². The molecule has 1 atom stereocenters. The molecule has 1 amide bonds. The largest absolute Gasteiger partial charge is 0.476 e. The van der Waals surface area contributed by atoms with Gasteiger partial charge in [-0.25, -0.2) is 40.2 Å². The summed E-state index contributed by atoms with van der Waals surface area (Å²) in [5.41, 5.74) is -4.36. The second-order valence-electron chi connectivity index (χ2n) is 12.6. The second-order valence-corrected chi connectivity index (χ2v) is 18.0. The normalized spacial score (nSPS) is 14.4. The number of rotatable bonds is 12. The van der Waals surface area contributed by atoms with Crippen LogP contribution >= 0.6 is 46.4 Å². The van der Waals surface area contributed by atoms with Crippen molar-refractivity contribution >= 4 is 89.7 Å². The number of carboxylic acids is 1. The van der Waals surface area contributed by atoms with Crippen molar-refractivity contribution in [2.45, 2.75) is 56.4 Å². The highest BCUT2D eigenvalue weighted by molar-refractivity contribution is 7.93. The first-order chi connectivity index (χ1) is 30.2. The summed E-state index contributed by atoms with van der Waals surface area (Å²) in [6, 6.07) is 6.02. The maximum atomic E-state index is 13.5. The number of carboxylic acid groups (broad SMARTS) is 1. The van der Waals surface area contributed by atoms with E-state index in [1.807, 2.05) is 0 Å². The Morgan fingerprint density at radius 1 is 0.815 bits per heavy atom. The lowest BCUT2D eigenvalue weighted by atomic mass is 10.2. The first kappa shape index (κ1) is 55.1. The van der Waals surface area contributed by atoms with Gasteiger partial charge in [0.1, 0.15) is 13.5 Å². The summed E-state index contributed by atoms with van der Waals surface area (Å²) in [5, 5.41) is 7.82. The van der Waals surface area contributed by atoms with Gasteiger partial charge in [-0.05, 0) is 55.5 Å². The SMILES string of the molecule is C.COCN(c1cc(Cl)cnc1C(=O)N1CCOCC1C)S(=O)(=O)c1ccc(Cl)c(C(F)(F)F)c1.COCN(c1cc(Cl)cnc1C(=O)O)S(=O)(=O)c1ccc(Cl)c(C(F)(F)F)c1.[2H]CC. The molecule has 0 radical (unpaired) electrons. The maximum Gasteiger partial charge on any atom is 0.417 e. The van der Waals surface area contributed by atoms with Crippen molar-refractivity contribution in [2.24, 2.45) is 0 Å². The van der Waals surface area contributed by atoms with Crippen molar-refractivity contribution < 1.29 is 73.5 Å². The molecule has 65 heavy (non-hydrogen) atoms. The summed E-state index contributed by atoms with van der Waals surface area (Å²) < 4.78 is 155. The predicted molar refractivity (Wildman–Crippen MR) is 231 cm³/mol. The van der Waals surface area contributed by atoms with Gasteiger partial charge >= 0.3 is 18.3 Å². The Balaban J connectivity index is 0.000000429. The minimum Gasteiger partial charge on any atom is -0.476 e. The standard InChI is InChI=1S/C20H20Cl2F3N3O5S.C15H11Cl2F3N2O5S.C2H6.CH4/c1-12-10-33-6-5-27(12)19(29)18-17(7-13(21)9-26-18)28(11-32-2)34(30,31)14-3-4-16(22)15(8-14)20(23,24)25;1-27-7-22(12-4-8(16)6-21-13(12)14(23)24)28(25,26)9-2-3-11(17)10(5-9)15(18,19)20;1-2;/h3-4,7-9,12H,5-6,10-11H2,1-2H3;2-6H,7H2,1H3,(H,23,24);1-2H3;1H4/i;;1D;. The van der Waals surface area contributed by atoms with Crippen molar-refractivity contribution in [3.8, 4) is 0 Å². The number of aromatic nitrogens is 2. The van der Waals surface area contributed by atoms with Crippen LogP contribution in [0.2, 0.25) is 20.1 Å². The van der Waals surface area contributed by atoms with E-state index in [0.29, 0.717) is 27.6 Å². The number of hydrogen-bond acceptors (Lipinski definition) is 11. The molecule has 5 rings (SSSR count). The fourth-order valence-electron chi connectivity index (χ4n) is 5.52. The zero-order valence-corrected chi connectivity index (χ0v) is 38.2. The zero-order chi connectivity index (χ0) is 49.2. The fourth-order valence-corrected chi connectivity index (χ4v) is 9.08. The highest BCUT2D eigenvalue weighted by Gasteiger charge is 2.39. The second kappa shape index (κ2) is 23.5. The van der Waals surface area contributed by atoms with Crippen LogP contribution in [0.15, 0.2) is 70.7 Å². The van der Waals surface area contributed by atoms with Gasteiger partial charge in [0.25, 0.3) is 26.0 Å². The third-order valence-corrected chi connectivity index (χ3v) is 12.9. The van der Waals surface area contributed by atoms with E-state index in [0.717, 1.165) is 43.6 Å². The summed E-state index contributed by atoms with van der Waals surface area (Å²) in [7, 11) is -7.07. The highest BCUT2D eigenvalue weighted by Crippen LogP contribution is 2.39. The highest BCUT2D eigenvalue weighted by atomic mass is 35.5. The Morgan fingerprint density at radius 3 is 1.58 bits per heavy atom. The molecule has 4 aromatic rings. The molecule has 15 nitrogen and oxygen atoms in total. The monoisotopic (exact) mass is 1050 g/mol. The lowest BCUT2D eigenvalue weighted by Crippen LogP contribution is -2.48. The predicted octanol–water partition coefficient (Wildman–Crippen LogP) is 9.63. The van der Waals surface area contributed by atoms with Crippen LogP contribution in [0.3, 0.4) is 0 Å². The van der Waals surface area contributed by atoms with E-state index in [1.165, 1.54) is 24.3 Å². The van der Waals surface area contributed by atoms with Gasteiger partial charge < -0.3 is 24.2 Å². The number of ether oxygens (including phenoxy) is 3. The Hall–Kier alpha value is -4.20. The Kier molecular flexibility index (Phi) is 19.9. The molecule has 0 bridgehead atoms. The number of hydrogen-bond donors (Lipinski definition) is 1. The molecule has 1 aliphatic heterocycles. The van der Waals surface area contributed by atoms with Crippen LogP contribution in [0, 0.1) is 0 Å². The van der Waals surface area contributed by atoms with Gasteiger partial charge in [-0.2, -0.15) is 26.3 Å². The third-order valence-electron chi connectivity index (χ3n) is 8.39. The molecule has 3 heterocycles. The average Bonchev–Trinajstić information content (AvgIpc) is 3.21. The van der Waals surface area contributed by atoms with Crippen LogP contribution in [0.1, 0.15) is 61.6 Å². The minimum absolute atomic E-state index is 0. The van der Waals surface area contributed by atoms with Gasteiger partial charge in [-0.3, -0.25) is 4.79 Å². The topological polar surface area (TPSA) is 186 Å². The van der Waals surface area contributed by atoms with E-state index in [9.17, 15) is 57.9 Å². The molecule has 2 aromatic carbocycles. The molecule has 1 aliphatic rings. The Bertz CT molecular complexity index is 2570. The number of aromatic carboxylic acids is 1. The maximum absolute atomic E-state index is 13.5. The molecule has 1 fully saturated rings. The lowest BCUT2D eigenvalue weighted by Gasteiger charge is -2.34. The number of amides is 1. The van der Waals surface area contributed by atoms with Gasteiger partial charge in [-0.1, -0.05) is 67.7 Å². The quantitative estimate of drug-likeness (QED) is 0.105. The number of nitrogens with zero attached hydrogens (tertiary/aromatic N) is 5. The number of morpholine rings is 1. The number of halogens is 10.